The number of nitrogens with zero attached hydrogens (tertiary/aromatic N) is 1. The van der Waals surface area contributed by atoms with E-state index < -0.39 is 4.92 Å². The van der Waals surface area contributed by atoms with Crippen LogP contribution in [0.25, 0.3) is 0 Å². The first-order valence-electron chi connectivity index (χ1n) is 4.93. The lowest BCUT2D eigenvalue weighted by molar-refractivity contribution is -0.384. The molecule has 2 aromatic carbocycles. The van der Waals surface area contributed by atoms with Gasteiger partial charge in [-0.2, -0.15) is 0 Å². The fraction of sp³-hybridized carbons (Fsp3) is 0. The van der Waals surface area contributed by atoms with E-state index in [0.717, 1.165) is 5.30 Å². The Hall–Kier alpha value is -1.93. The Labute approximate surface area is 100 Å². The molecule has 0 saturated heterocycles. The minimum atomic E-state index is -0.432. The Bertz CT molecular complexity index is 499. The summed E-state index contributed by atoms with van der Waals surface area (Å²) >= 11 is 0. The first kappa shape index (κ1) is 11.6. The van der Waals surface area contributed by atoms with Crippen LogP contribution in [0, 0.1) is 10.1 Å². The average Bonchev–Trinajstić information content (AvgIpc) is 2.38. The van der Waals surface area contributed by atoms with Crippen LogP contribution in [0.4, 0.5) is 5.69 Å². The first-order valence-corrected chi connectivity index (χ1v) is 5.74. The largest absolute Gasteiger partial charge is 0.461 e. The fourth-order valence-electron chi connectivity index (χ4n) is 1.22. The highest BCUT2D eigenvalue weighted by Gasteiger charge is 2.04. The van der Waals surface area contributed by atoms with E-state index in [4.69, 9.17) is 4.52 Å². The summed E-state index contributed by atoms with van der Waals surface area (Å²) in [5.41, 5.74) is 0.0636. The number of rotatable bonds is 4. The zero-order valence-electron chi connectivity index (χ0n) is 8.82. The molecule has 0 unspecified atom stereocenters. The molecular formula is C12H9NO3P. The minimum Gasteiger partial charge on any atom is -0.461 e. The molecule has 4 nitrogen and oxygen atoms in total. The van der Waals surface area contributed by atoms with Gasteiger partial charge in [-0.1, -0.05) is 30.3 Å². The molecule has 17 heavy (non-hydrogen) atoms. The van der Waals surface area contributed by atoms with E-state index in [1.165, 1.54) is 12.1 Å². The second kappa shape index (κ2) is 5.41. The summed E-state index contributed by atoms with van der Waals surface area (Å²) in [4.78, 5) is 10.0. The van der Waals surface area contributed by atoms with Crippen molar-refractivity contribution >= 4 is 19.8 Å². The first-order chi connectivity index (χ1) is 8.25. The van der Waals surface area contributed by atoms with Gasteiger partial charge in [-0.05, 0) is 12.1 Å². The van der Waals surface area contributed by atoms with Crippen LogP contribution in [0.3, 0.4) is 0 Å². The van der Waals surface area contributed by atoms with Crippen molar-refractivity contribution in [3.8, 4) is 5.75 Å². The van der Waals surface area contributed by atoms with Crippen LogP contribution in [0.2, 0.25) is 0 Å². The van der Waals surface area contributed by atoms with Crippen LogP contribution < -0.4 is 9.83 Å². The Morgan fingerprint density at radius 1 is 1.00 bits per heavy atom. The van der Waals surface area contributed by atoms with Gasteiger partial charge in [0, 0.05) is 17.4 Å². The van der Waals surface area contributed by atoms with Crippen molar-refractivity contribution in [3.05, 3.63) is 64.7 Å². The van der Waals surface area contributed by atoms with Crippen LogP contribution >= 0.6 is 8.81 Å². The topological polar surface area (TPSA) is 52.4 Å². The second-order valence-corrected chi connectivity index (χ2v) is 4.15. The Morgan fingerprint density at radius 2 is 1.65 bits per heavy atom. The van der Waals surface area contributed by atoms with Gasteiger partial charge in [0.25, 0.3) is 5.69 Å². The van der Waals surface area contributed by atoms with Crippen molar-refractivity contribution < 1.29 is 9.45 Å². The van der Waals surface area contributed by atoms with Gasteiger partial charge in [0.1, 0.15) is 5.75 Å². The van der Waals surface area contributed by atoms with Crippen molar-refractivity contribution in [1.82, 2.24) is 0 Å². The number of benzene rings is 2. The van der Waals surface area contributed by atoms with E-state index in [1.807, 2.05) is 30.3 Å². The number of nitro benzene ring substituents is 1. The zero-order valence-corrected chi connectivity index (χ0v) is 9.71. The average molecular weight is 246 g/mol. The summed E-state index contributed by atoms with van der Waals surface area (Å²) in [5, 5.41) is 11.5. The Kier molecular flexibility index (Phi) is 3.68. The lowest BCUT2D eigenvalue weighted by Crippen LogP contribution is -1.94. The Morgan fingerprint density at radius 3 is 2.24 bits per heavy atom. The van der Waals surface area contributed by atoms with Crippen LogP contribution in [0.15, 0.2) is 54.6 Å². The third kappa shape index (κ3) is 3.26. The smallest absolute Gasteiger partial charge is 0.269 e. The quantitative estimate of drug-likeness (QED) is 0.473. The molecule has 0 N–H and O–H groups in total. The third-order valence-electron chi connectivity index (χ3n) is 2.06. The van der Waals surface area contributed by atoms with Crippen LogP contribution in [-0.4, -0.2) is 4.92 Å². The van der Waals surface area contributed by atoms with E-state index in [9.17, 15) is 10.1 Å². The van der Waals surface area contributed by atoms with Gasteiger partial charge in [-0.3, -0.25) is 10.1 Å². The lowest BCUT2D eigenvalue weighted by Gasteiger charge is -2.03. The maximum absolute atomic E-state index is 10.5. The monoisotopic (exact) mass is 246 g/mol. The van der Waals surface area contributed by atoms with E-state index >= 15 is 0 Å². The summed E-state index contributed by atoms with van der Waals surface area (Å²) in [6.07, 6.45) is 0. The molecule has 0 aliphatic rings. The molecule has 2 rings (SSSR count). The van der Waals surface area contributed by atoms with E-state index in [0.29, 0.717) is 14.6 Å². The van der Waals surface area contributed by atoms with E-state index in [-0.39, 0.29) is 5.69 Å². The van der Waals surface area contributed by atoms with Gasteiger partial charge in [0.15, 0.2) is 8.81 Å². The van der Waals surface area contributed by atoms with Crippen molar-refractivity contribution in [2.75, 3.05) is 0 Å². The van der Waals surface area contributed by atoms with Crippen LogP contribution in [-0.2, 0) is 0 Å². The van der Waals surface area contributed by atoms with Crippen LogP contribution in [0.1, 0.15) is 0 Å². The maximum Gasteiger partial charge on any atom is 0.269 e. The summed E-state index contributed by atoms with van der Waals surface area (Å²) in [7, 11) is 0.711. The molecule has 85 valence electrons. The molecule has 0 heterocycles. The zero-order chi connectivity index (χ0) is 12.1. The normalized spacial score (nSPS) is 10.6. The summed E-state index contributed by atoms with van der Waals surface area (Å²) in [5.74, 6) is 0.612. The molecule has 2 aromatic rings. The molecule has 0 atom stereocenters. The van der Waals surface area contributed by atoms with Gasteiger partial charge in [0.05, 0.1) is 4.92 Å². The lowest BCUT2D eigenvalue weighted by atomic mass is 10.3. The highest BCUT2D eigenvalue weighted by molar-refractivity contribution is 7.42. The van der Waals surface area contributed by atoms with Crippen molar-refractivity contribution in [3.63, 3.8) is 0 Å². The minimum absolute atomic E-state index is 0.0636. The summed E-state index contributed by atoms with van der Waals surface area (Å²) < 4.78 is 5.48. The molecule has 1 radical (unpaired) electrons. The Balaban J connectivity index is 1.98. The molecular weight excluding hydrogens is 237 g/mol. The molecule has 0 saturated carbocycles. The fourth-order valence-corrected chi connectivity index (χ4v) is 1.85. The standard InChI is InChI=1S/C12H9NO3P/c14-13(15)10-6-8-11(9-7-10)16-17-12-4-2-1-3-5-12/h1-9H. The number of hydrogen-bond donors (Lipinski definition) is 0. The molecule has 0 aliphatic carbocycles. The van der Waals surface area contributed by atoms with E-state index in [1.54, 1.807) is 12.1 Å². The molecule has 0 aliphatic heterocycles. The van der Waals surface area contributed by atoms with Crippen LogP contribution in [0.5, 0.6) is 5.75 Å². The van der Waals surface area contributed by atoms with Gasteiger partial charge < -0.3 is 4.52 Å². The SMILES string of the molecule is O=[N+]([O-])c1ccc(O[P]c2ccccc2)cc1. The van der Waals surface area contributed by atoms with E-state index in [2.05, 4.69) is 0 Å². The highest BCUT2D eigenvalue weighted by Crippen LogP contribution is 2.23. The van der Waals surface area contributed by atoms with Gasteiger partial charge in [-0.25, -0.2) is 0 Å². The predicted octanol–water partition coefficient (Wildman–Crippen LogP) is 3.16. The van der Waals surface area contributed by atoms with Crippen molar-refractivity contribution in [2.45, 2.75) is 0 Å². The molecule has 0 bridgehead atoms. The second-order valence-electron chi connectivity index (χ2n) is 3.27. The number of hydrogen-bond acceptors (Lipinski definition) is 3. The van der Waals surface area contributed by atoms with Gasteiger partial charge in [-0.15, -0.1) is 0 Å². The number of nitro groups is 1. The molecule has 5 heteroatoms. The summed E-state index contributed by atoms with van der Waals surface area (Å²) in [6.45, 7) is 0. The highest BCUT2D eigenvalue weighted by atomic mass is 31.1. The van der Waals surface area contributed by atoms with Gasteiger partial charge >= 0.3 is 0 Å². The van der Waals surface area contributed by atoms with Crippen molar-refractivity contribution in [2.24, 2.45) is 0 Å². The molecule has 0 fully saturated rings. The summed E-state index contributed by atoms with van der Waals surface area (Å²) in [6, 6.07) is 15.7. The molecule has 0 aromatic heterocycles. The third-order valence-corrected chi connectivity index (χ3v) is 2.87. The predicted molar refractivity (Wildman–Crippen MR) is 66.7 cm³/mol. The number of non-ortho nitro benzene ring substituents is 1. The molecule has 0 spiro atoms. The van der Waals surface area contributed by atoms with Crippen molar-refractivity contribution in [1.29, 1.82) is 0 Å². The maximum atomic E-state index is 10.5. The van der Waals surface area contributed by atoms with Gasteiger partial charge in [0.2, 0.25) is 0 Å². The molecule has 0 amide bonds.